The zero-order valence-electron chi connectivity index (χ0n) is 15.5. The van der Waals surface area contributed by atoms with Gasteiger partial charge in [-0.15, -0.1) is 0 Å². The van der Waals surface area contributed by atoms with Crippen LogP contribution in [-0.4, -0.2) is 53.7 Å². The molecule has 8 heteroatoms. The number of amides is 3. The smallest absolute Gasteiger partial charge is 0.410 e. The van der Waals surface area contributed by atoms with Crippen LogP contribution in [0.3, 0.4) is 0 Å². The Morgan fingerprint density at radius 1 is 1.31 bits per heavy atom. The lowest BCUT2D eigenvalue weighted by Gasteiger charge is -2.37. The third kappa shape index (κ3) is 5.59. The molecule has 0 saturated carbocycles. The SMILES string of the molecule is CN(C(=O)OC(C)(C)C)C1CCN(C(=O)Nc2ccc(Br)cc2F)CC1. The average Bonchev–Trinajstić information content (AvgIpc) is 2.55. The van der Waals surface area contributed by atoms with Gasteiger partial charge in [0.15, 0.2) is 0 Å². The maximum absolute atomic E-state index is 13.8. The summed E-state index contributed by atoms with van der Waals surface area (Å²) in [6.07, 6.45) is 0.926. The van der Waals surface area contributed by atoms with Crippen molar-refractivity contribution in [1.29, 1.82) is 0 Å². The summed E-state index contributed by atoms with van der Waals surface area (Å²) in [4.78, 5) is 27.7. The van der Waals surface area contributed by atoms with Crippen molar-refractivity contribution >= 4 is 33.7 Å². The van der Waals surface area contributed by atoms with Gasteiger partial charge in [0.05, 0.1) is 5.69 Å². The first-order valence-electron chi connectivity index (χ1n) is 8.53. The number of rotatable bonds is 2. The molecule has 1 aliphatic heterocycles. The van der Waals surface area contributed by atoms with Crippen LogP contribution in [0.15, 0.2) is 22.7 Å². The summed E-state index contributed by atoms with van der Waals surface area (Å²) in [6.45, 7) is 6.45. The standard InChI is InChI=1S/C18H25BrFN3O3/c1-18(2,3)26-17(25)22(4)13-7-9-23(10-8-13)16(24)21-15-6-5-12(19)11-14(15)20/h5-6,11,13H,7-10H2,1-4H3,(H,21,24). The lowest BCUT2D eigenvalue weighted by Crippen LogP contribution is -2.49. The van der Waals surface area contributed by atoms with Crippen LogP contribution in [0, 0.1) is 5.82 Å². The number of piperidine rings is 1. The van der Waals surface area contributed by atoms with Crippen molar-refractivity contribution in [2.45, 2.75) is 45.3 Å². The number of nitrogens with zero attached hydrogens (tertiary/aromatic N) is 2. The average molecular weight is 430 g/mol. The zero-order chi connectivity index (χ0) is 19.5. The molecule has 0 radical (unpaired) electrons. The molecule has 1 heterocycles. The van der Waals surface area contributed by atoms with Crippen molar-refractivity contribution in [1.82, 2.24) is 9.80 Å². The van der Waals surface area contributed by atoms with E-state index < -0.39 is 11.4 Å². The van der Waals surface area contributed by atoms with E-state index in [2.05, 4.69) is 21.2 Å². The van der Waals surface area contributed by atoms with E-state index in [1.807, 2.05) is 20.8 Å². The molecule has 1 fully saturated rings. The first kappa shape index (κ1) is 20.5. The van der Waals surface area contributed by atoms with Gasteiger partial charge in [0.25, 0.3) is 0 Å². The molecule has 6 nitrogen and oxygen atoms in total. The van der Waals surface area contributed by atoms with Crippen molar-refractivity contribution in [2.75, 3.05) is 25.5 Å². The Morgan fingerprint density at radius 3 is 2.46 bits per heavy atom. The Kier molecular flexibility index (Phi) is 6.49. The van der Waals surface area contributed by atoms with Crippen LogP contribution in [0.4, 0.5) is 19.7 Å². The molecule has 0 atom stereocenters. The van der Waals surface area contributed by atoms with Crippen LogP contribution in [0.25, 0.3) is 0 Å². The van der Waals surface area contributed by atoms with Gasteiger partial charge >= 0.3 is 12.1 Å². The number of benzene rings is 1. The summed E-state index contributed by atoms with van der Waals surface area (Å²) in [5.74, 6) is -0.493. The normalized spacial score (nSPS) is 15.5. The Hall–Kier alpha value is -1.83. The van der Waals surface area contributed by atoms with Gasteiger partial charge in [0.2, 0.25) is 0 Å². The van der Waals surface area contributed by atoms with E-state index >= 15 is 0 Å². The lowest BCUT2D eigenvalue weighted by atomic mass is 10.0. The number of hydrogen-bond acceptors (Lipinski definition) is 3. The second-order valence-electron chi connectivity index (χ2n) is 7.36. The van der Waals surface area contributed by atoms with E-state index in [1.54, 1.807) is 22.9 Å². The number of halogens is 2. The van der Waals surface area contributed by atoms with Crippen molar-refractivity contribution in [3.05, 3.63) is 28.5 Å². The predicted molar refractivity (Wildman–Crippen MR) is 102 cm³/mol. The fourth-order valence-electron chi connectivity index (χ4n) is 2.72. The van der Waals surface area contributed by atoms with Crippen molar-refractivity contribution in [3.8, 4) is 0 Å². The number of carbonyl (C=O) groups excluding carboxylic acids is 2. The number of nitrogens with one attached hydrogen (secondary N) is 1. The first-order chi connectivity index (χ1) is 12.1. The van der Waals surface area contributed by atoms with Crippen LogP contribution in [0.2, 0.25) is 0 Å². The molecule has 1 aliphatic rings. The van der Waals surface area contributed by atoms with Crippen LogP contribution in [0.5, 0.6) is 0 Å². The van der Waals surface area contributed by atoms with E-state index in [0.29, 0.717) is 30.4 Å². The fourth-order valence-corrected chi connectivity index (χ4v) is 3.06. The second kappa shape index (κ2) is 8.24. The van der Waals surface area contributed by atoms with Gasteiger partial charge in [-0.1, -0.05) is 15.9 Å². The third-order valence-corrected chi connectivity index (χ3v) is 4.65. The van der Waals surface area contributed by atoms with Gasteiger partial charge in [0.1, 0.15) is 11.4 Å². The molecule has 26 heavy (non-hydrogen) atoms. The highest BCUT2D eigenvalue weighted by Gasteiger charge is 2.30. The van der Waals surface area contributed by atoms with Crippen LogP contribution in [0.1, 0.15) is 33.6 Å². The molecule has 1 N–H and O–H groups in total. The van der Waals surface area contributed by atoms with E-state index in [0.717, 1.165) is 0 Å². The number of ether oxygens (including phenoxy) is 1. The molecule has 144 valence electrons. The molecule has 0 aliphatic carbocycles. The minimum atomic E-state index is -0.541. The Bertz CT molecular complexity index is 670. The van der Waals surface area contributed by atoms with Gasteiger partial charge in [-0.3, -0.25) is 0 Å². The van der Waals surface area contributed by atoms with Crippen LogP contribution >= 0.6 is 15.9 Å². The summed E-state index contributed by atoms with van der Waals surface area (Å²) < 4.78 is 19.8. The predicted octanol–water partition coefficient (Wildman–Crippen LogP) is 4.45. The van der Waals surface area contributed by atoms with Crippen molar-refractivity contribution in [2.24, 2.45) is 0 Å². The molecule has 0 bridgehead atoms. The second-order valence-corrected chi connectivity index (χ2v) is 8.28. The van der Waals surface area contributed by atoms with Gasteiger partial charge in [-0.25, -0.2) is 14.0 Å². The number of hydrogen-bond donors (Lipinski definition) is 1. The molecule has 0 spiro atoms. The number of likely N-dealkylation sites (tertiary alicyclic amines) is 1. The van der Waals surface area contributed by atoms with Crippen molar-refractivity contribution in [3.63, 3.8) is 0 Å². The molecule has 1 aromatic carbocycles. The zero-order valence-corrected chi connectivity index (χ0v) is 17.1. The summed E-state index contributed by atoms with van der Waals surface area (Å²) in [5.41, 5.74) is -0.396. The molecule has 2 rings (SSSR count). The minimum absolute atomic E-state index is 0.0123. The Morgan fingerprint density at radius 2 is 1.92 bits per heavy atom. The molecule has 1 saturated heterocycles. The summed E-state index contributed by atoms with van der Waals surface area (Å²) >= 11 is 3.18. The van der Waals surface area contributed by atoms with Crippen molar-refractivity contribution < 1.29 is 18.7 Å². The Balaban J connectivity index is 1.87. The summed E-state index contributed by atoms with van der Waals surface area (Å²) in [6, 6.07) is 4.15. The number of carbonyl (C=O) groups is 2. The van der Waals surface area contributed by atoms with E-state index in [-0.39, 0.29) is 23.9 Å². The molecule has 3 amide bonds. The van der Waals surface area contributed by atoms with Crippen LogP contribution in [-0.2, 0) is 4.74 Å². The van der Waals surface area contributed by atoms with Gasteiger partial charge < -0.3 is 19.9 Å². The molecule has 1 aromatic rings. The lowest BCUT2D eigenvalue weighted by molar-refractivity contribution is 0.0170. The summed E-state index contributed by atoms with van der Waals surface area (Å²) in [5, 5.41) is 2.59. The quantitative estimate of drug-likeness (QED) is 0.754. The van der Waals surface area contributed by atoms with E-state index in [9.17, 15) is 14.0 Å². The van der Waals surface area contributed by atoms with Crippen LogP contribution < -0.4 is 5.32 Å². The maximum atomic E-state index is 13.8. The number of urea groups is 1. The monoisotopic (exact) mass is 429 g/mol. The molecule has 0 aromatic heterocycles. The van der Waals surface area contributed by atoms with Gasteiger partial charge in [-0.2, -0.15) is 0 Å². The highest BCUT2D eigenvalue weighted by Crippen LogP contribution is 2.22. The summed E-state index contributed by atoms with van der Waals surface area (Å²) in [7, 11) is 1.71. The highest BCUT2D eigenvalue weighted by molar-refractivity contribution is 9.10. The molecular formula is C18H25BrFN3O3. The highest BCUT2D eigenvalue weighted by atomic mass is 79.9. The third-order valence-electron chi connectivity index (χ3n) is 4.15. The largest absolute Gasteiger partial charge is 0.444 e. The molecular weight excluding hydrogens is 405 g/mol. The van der Waals surface area contributed by atoms with E-state index in [4.69, 9.17) is 4.74 Å². The van der Waals surface area contributed by atoms with Gasteiger partial charge in [0, 0.05) is 30.7 Å². The fraction of sp³-hybridized carbons (Fsp3) is 0.556. The van der Waals surface area contributed by atoms with E-state index in [1.165, 1.54) is 12.1 Å². The Labute approximate surface area is 161 Å². The minimum Gasteiger partial charge on any atom is -0.444 e. The number of anilines is 1. The first-order valence-corrected chi connectivity index (χ1v) is 9.33. The molecule has 0 unspecified atom stereocenters. The van der Waals surface area contributed by atoms with Gasteiger partial charge in [-0.05, 0) is 51.8 Å². The topological polar surface area (TPSA) is 61.9 Å². The maximum Gasteiger partial charge on any atom is 0.410 e.